The standard InChI is InChI=1S/C60H43N/c1-2-14-46(15-3-1)59-38-33-51(50-28-27-42-13-4-5-18-48(42)39-50)41-60(59)61(54-36-31-47(32-37-54)57-25-11-19-44-16-6-8-23-55(44)57)53-34-29-43(30-35-53)49-21-10-22-52(40-49)58-26-12-20-45-17-7-9-24-56(45)58/h1-40,60H,41H2. The maximum absolute atomic E-state index is 2.57. The Kier molecular flexibility index (Phi) is 9.41. The lowest BCUT2D eigenvalue weighted by atomic mass is 9.84. The topological polar surface area (TPSA) is 3.24 Å². The summed E-state index contributed by atoms with van der Waals surface area (Å²) >= 11 is 0. The molecule has 0 amide bonds. The molecule has 1 aliphatic rings. The van der Waals surface area contributed by atoms with Crippen LogP contribution in [0.2, 0.25) is 0 Å². The Labute approximate surface area is 357 Å². The predicted octanol–water partition coefficient (Wildman–Crippen LogP) is 16.2. The zero-order valence-electron chi connectivity index (χ0n) is 33.8. The number of nitrogens with zero attached hydrogens (tertiary/aromatic N) is 1. The largest absolute Gasteiger partial charge is 0.334 e. The van der Waals surface area contributed by atoms with Crippen molar-refractivity contribution >= 4 is 54.8 Å². The first-order valence-corrected chi connectivity index (χ1v) is 21.2. The predicted molar refractivity (Wildman–Crippen MR) is 261 cm³/mol. The van der Waals surface area contributed by atoms with Crippen LogP contribution in [0.25, 0.3) is 76.8 Å². The normalized spacial score (nSPS) is 13.9. The second kappa shape index (κ2) is 15.8. The van der Waals surface area contributed by atoms with E-state index in [4.69, 9.17) is 0 Å². The molecule has 0 fully saturated rings. The molecule has 0 radical (unpaired) electrons. The van der Waals surface area contributed by atoms with Crippen molar-refractivity contribution in [1.29, 1.82) is 0 Å². The smallest absolute Gasteiger partial charge is 0.0637 e. The molecule has 10 aromatic rings. The Balaban J connectivity index is 1.02. The molecule has 0 heterocycles. The quantitative estimate of drug-likeness (QED) is 0.149. The van der Waals surface area contributed by atoms with E-state index in [2.05, 4.69) is 248 Å². The van der Waals surface area contributed by atoms with Gasteiger partial charge < -0.3 is 4.90 Å². The minimum Gasteiger partial charge on any atom is -0.334 e. The molecule has 61 heavy (non-hydrogen) atoms. The molecular formula is C60H43N. The van der Waals surface area contributed by atoms with Gasteiger partial charge >= 0.3 is 0 Å². The molecule has 1 unspecified atom stereocenters. The summed E-state index contributed by atoms with van der Waals surface area (Å²) in [6.45, 7) is 0. The van der Waals surface area contributed by atoms with Gasteiger partial charge in [0, 0.05) is 11.4 Å². The lowest BCUT2D eigenvalue weighted by Crippen LogP contribution is -2.33. The first-order valence-electron chi connectivity index (χ1n) is 21.2. The number of anilines is 2. The van der Waals surface area contributed by atoms with Crippen molar-refractivity contribution in [3.63, 3.8) is 0 Å². The van der Waals surface area contributed by atoms with E-state index in [1.807, 2.05) is 0 Å². The molecule has 11 rings (SSSR count). The van der Waals surface area contributed by atoms with Crippen LogP contribution in [0.5, 0.6) is 0 Å². The van der Waals surface area contributed by atoms with Crippen molar-refractivity contribution in [3.05, 3.63) is 254 Å². The zero-order valence-corrected chi connectivity index (χ0v) is 33.8. The maximum Gasteiger partial charge on any atom is 0.0637 e. The van der Waals surface area contributed by atoms with Crippen LogP contribution in [-0.4, -0.2) is 6.04 Å². The third-order valence-electron chi connectivity index (χ3n) is 12.5. The van der Waals surface area contributed by atoms with Crippen LogP contribution in [0, 0.1) is 0 Å². The summed E-state index contributed by atoms with van der Waals surface area (Å²) in [5.74, 6) is 0. The molecule has 1 heteroatoms. The zero-order chi connectivity index (χ0) is 40.5. The van der Waals surface area contributed by atoms with Gasteiger partial charge in [0.05, 0.1) is 6.04 Å². The summed E-state index contributed by atoms with van der Waals surface area (Å²) in [7, 11) is 0. The molecule has 0 saturated heterocycles. The molecule has 0 spiro atoms. The second-order valence-corrected chi connectivity index (χ2v) is 16.1. The van der Waals surface area contributed by atoms with Crippen molar-refractivity contribution < 1.29 is 0 Å². The fraction of sp³-hybridized carbons (Fsp3) is 0.0333. The average Bonchev–Trinajstić information content (AvgIpc) is 3.34. The number of allylic oxidation sites excluding steroid dienone is 2. The van der Waals surface area contributed by atoms with E-state index >= 15 is 0 Å². The highest BCUT2D eigenvalue weighted by Crippen LogP contribution is 2.43. The lowest BCUT2D eigenvalue weighted by Gasteiger charge is -2.38. The molecule has 0 saturated carbocycles. The molecule has 288 valence electrons. The molecule has 0 N–H and O–H groups in total. The van der Waals surface area contributed by atoms with Crippen LogP contribution in [-0.2, 0) is 0 Å². The van der Waals surface area contributed by atoms with Crippen molar-refractivity contribution in [2.45, 2.75) is 12.5 Å². The Hall–Kier alpha value is -7.74. The van der Waals surface area contributed by atoms with Gasteiger partial charge in [-0.2, -0.15) is 0 Å². The first-order chi connectivity index (χ1) is 30.2. The van der Waals surface area contributed by atoms with Gasteiger partial charge in [-0.3, -0.25) is 0 Å². The van der Waals surface area contributed by atoms with Gasteiger partial charge in [0.2, 0.25) is 0 Å². The molecule has 1 aliphatic carbocycles. The van der Waals surface area contributed by atoms with Crippen LogP contribution in [0.3, 0.4) is 0 Å². The number of rotatable bonds is 8. The minimum absolute atomic E-state index is 0.0258. The molecule has 1 atom stereocenters. The summed E-state index contributed by atoms with van der Waals surface area (Å²) in [5, 5.41) is 7.56. The van der Waals surface area contributed by atoms with Gasteiger partial charge in [-0.05, 0) is 131 Å². The molecule has 0 aromatic heterocycles. The van der Waals surface area contributed by atoms with Crippen LogP contribution < -0.4 is 4.90 Å². The van der Waals surface area contributed by atoms with E-state index in [0.717, 1.165) is 17.8 Å². The Morgan fingerprint density at radius 3 is 1.51 bits per heavy atom. The lowest BCUT2D eigenvalue weighted by molar-refractivity contribution is 0.813. The number of benzene rings is 10. The monoisotopic (exact) mass is 777 g/mol. The Bertz CT molecular complexity index is 3250. The van der Waals surface area contributed by atoms with Crippen LogP contribution in [0.15, 0.2) is 243 Å². The Morgan fingerprint density at radius 2 is 0.820 bits per heavy atom. The summed E-state index contributed by atoms with van der Waals surface area (Å²) in [6, 6.07) is 84.4. The highest BCUT2D eigenvalue weighted by Gasteiger charge is 2.29. The van der Waals surface area contributed by atoms with E-state index in [9.17, 15) is 0 Å². The average molecular weight is 778 g/mol. The third-order valence-corrected chi connectivity index (χ3v) is 12.5. The van der Waals surface area contributed by atoms with Crippen molar-refractivity contribution in [3.8, 4) is 33.4 Å². The SMILES string of the molecule is C1=C(c2ccc3ccccc3c2)CC(N(c2ccc(-c3cccc(-c4cccc5ccccc45)c3)cc2)c2ccc(-c3cccc4ccccc34)cc2)C(c2ccccc2)=C1. The summed E-state index contributed by atoms with van der Waals surface area (Å²) in [6.07, 6.45) is 5.55. The summed E-state index contributed by atoms with van der Waals surface area (Å²) in [4.78, 5) is 2.57. The number of hydrogen-bond donors (Lipinski definition) is 0. The highest BCUT2D eigenvalue weighted by molar-refractivity contribution is 5.98. The molecule has 1 nitrogen and oxygen atoms in total. The number of hydrogen-bond acceptors (Lipinski definition) is 1. The fourth-order valence-corrected chi connectivity index (χ4v) is 9.39. The van der Waals surface area contributed by atoms with E-state index in [1.54, 1.807) is 0 Å². The third kappa shape index (κ3) is 7.01. The van der Waals surface area contributed by atoms with Crippen LogP contribution in [0.4, 0.5) is 11.4 Å². The van der Waals surface area contributed by atoms with Gasteiger partial charge in [0.15, 0.2) is 0 Å². The van der Waals surface area contributed by atoms with Gasteiger partial charge in [-0.15, -0.1) is 0 Å². The van der Waals surface area contributed by atoms with Crippen LogP contribution >= 0.6 is 0 Å². The van der Waals surface area contributed by atoms with Gasteiger partial charge in [-0.1, -0.05) is 206 Å². The van der Waals surface area contributed by atoms with Gasteiger partial charge in [0.1, 0.15) is 0 Å². The summed E-state index contributed by atoms with van der Waals surface area (Å²) in [5.41, 5.74) is 14.8. The minimum atomic E-state index is 0.0258. The first kappa shape index (κ1) is 36.3. The van der Waals surface area contributed by atoms with Gasteiger partial charge in [0.25, 0.3) is 0 Å². The van der Waals surface area contributed by atoms with E-state index < -0.39 is 0 Å². The fourth-order valence-electron chi connectivity index (χ4n) is 9.39. The molecule has 0 bridgehead atoms. The molecular weight excluding hydrogens is 735 g/mol. The van der Waals surface area contributed by atoms with Crippen LogP contribution in [0.1, 0.15) is 17.5 Å². The van der Waals surface area contributed by atoms with Crippen molar-refractivity contribution in [1.82, 2.24) is 0 Å². The summed E-state index contributed by atoms with van der Waals surface area (Å²) < 4.78 is 0. The Morgan fingerprint density at radius 1 is 0.311 bits per heavy atom. The second-order valence-electron chi connectivity index (χ2n) is 16.1. The number of fused-ring (bicyclic) bond motifs is 3. The maximum atomic E-state index is 2.57. The van der Waals surface area contributed by atoms with E-state index in [-0.39, 0.29) is 6.04 Å². The molecule has 10 aromatic carbocycles. The van der Waals surface area contributed by atoms with E-state index in [1.165, 1.54) is 88.0 Å². The van der Waals surface area contributed by atoms with Gasteiger partial charge in [-0.25, -0.2) is 0 Å². The van der Waals surface area contributed by atoms with E-state index in [0.29, 0.717) is 0 Å². The van der Waals surface area contributed by atoms with Crippen molar-refractivity contribution in [2.75, 3.05) is 4.90 Å². The van der Waals surface area contributed by atoms with Crippen molar-refractivity contribution in [2.24, 2.45) is 0 Å². The molecule has 0 aliphatic heterocycles. The highest BCUT2D eigenvalue weighted by atomic mass is 15.2.